The van der Waals surface area contributed by atoms with Crippen molar-refractivity contribution < 1.29 is 0 Å². The number of aromatic nitrogens is 2. The van der Waals surface area contributed by atoms with Crippen LogP contribution in [0.5, 0.6) is 0 Å². The average molecular weight is 253 g/mol. The van der Waals surface area contributed by atoms with Crippen LogP contribution in [0.25, 0.3) is 0 Å². The molecule has 94 valence electrons. The van der Waals surface area contributed by atoms with E-state index in [1.807, 2.05) is 12.3 Å². The topological polar surface area (TPSA) is 75.9 Å². The maximum Gasteiger partial charge on any atom is 0.191 e. The Bertz CT molecular complexity index is 343. The number of nitrogens with one attached hydrogen (secondary N) is 2. The Morgan fingerprint density at radius 3 is 2.59 bits per heavy atom. The highest BCUT2D eigenvalue weighted by atomic mass is 32.2. The van der Waals surface area contributed by atoms with E-state index in [0.717, 1.165) is 11.0 Å². The van der Waals surface area contributed by atoms with Crippen molar-refractivity contribution in [3.63, 3.8) is 0 Å². The number of rotatable bonds is 4. The van der Waals surface area contributed by atoms with Gasteiger partial charge >= 0.3 is 0 Å². The highest BCUT2D eigenvalue weighted by Crippen LogP contribution is 2.23. The molecule has 1 aliphatic rings. The van der Waals surface area contributed by atoms with Crippen LogP contribution in [0.4, 0.5) is 11.6 Å². The first-order valence-corrected chi connectivity index (χ1v) is 7.20. The van der Waals surface area contributed by atoms with Gasteiger partial charge in [-0.05, 0) is 19.1 Å². The van der Waals surface area contributed by atoms with E-state index in [0.29, 0.717) is 11.9 Å². The summed E-state index contributed by atoms with van der Waals surface area (Å²) in [4.78, 5) is 8.68. The van der Waals surface area contributed by atoms with Crippen LogP contribution >= 0.6 is 11.8 Å². The fraction of sp³-hybridized carbons (Fsp3) is 0.636. The van der Waals surface area contributed by atoms with Crippen LogP contribution in [0.15, 0.2) is 11.2 Å². The Hall–Kier alpha value is -1.01. The van der Waals surface area contributed by atoms with Gasteiger partial charge in [-0.2, -0.15) is 0 Å². The first kappa shape index (κ1) is 12.4. The molecule has 0 amide bonds. The Morgan fingerprint density at radius 1 is 1.24 bits per heavy atom. The number of anilines is 2. The molecule has 4 N–H and O–H groups in total. The van der Waals surface area contributed by atoms with Crippen molar-refractivity contribution in [1.82, 2.24) is 9.97 Å². The lowest BCUT2D eigenvalue weighted by molar-refractivity contribution is 0.461. The molecular weight excluding hydrogens is 234 g/mol. The second-order valence-corrected chi connectivity index (χ2v) is 5.02. The van der Waals surface area contributed by atoms with E-state index in [4.69, 9.17) is 5.84 Å². The third-order valence-electron chi connectivity index (χ3n) is 2.99. The lowest BCUT2D eigenvalue weighted by Crippen LogP contribution is -2.23. The van der Waals surface area contributed by atoms with Gasteiger partial charge in [0.05, 0.1) is 0 Å². The summed E-state index contributed by atoms with van der Waals surface area (Å²) in [6, 6.07) is 2.40. The van der Waals surface area contributed by atoms with Crippen LogP contribution < -0.4 is 16.6 Å². The number of hydrogen-bond donors (Lipinski definition) is 3. The van der Waals surface area contributed by atoms with Gasteiger partial charge in [-0.3, -0.25) is 0 Å². The Kier molecular flexibility index (Phi) is 4.44. The molecule has 0 aliphatic heterocycles. The highest BCUT2D eigenvalue weighted by molar-refractivity contribution is 7.98. The van der Waals surface area contributed by atoms with E-state index in [1.54, 1.807) is 0 Å². The second kappa shape index (κ2) is 6.07. The number of nitrogen functional groups attached to an aromatic ring is 1. The smallest absolute Gasteiger partial charge is 0.191 e. The number of thioether (sulfide) groups is 1. The Balaban J connectivity index is 2.07. The molecule has 0 bridgehead atoms. The lowest BCUT2D eigenvalue weighted by Gasteiger charge is -2.23. The van der Waals surface area contributed by atoms with Crippen molar-refractivity contribution in [3.05, 3.63) is 6.07 Å². The second-order valence-electron chi connectivity index (χ2n) is 4.25. The minimum Gasteiger partial charge on any atom is -0.367 e. The monoisotopic (exact) mass is 253 g/mol. The molecule has 0 aromatic carbocycles. The summed E-state index contributed by atoms with van der Waals surface area (Å²) in [5.41, 5.74) is 2.57. The van der Waals surface area contributed by atoms with Gasteiger partial charge in [0.25, 0.3) is 0 Å². The predicted molar refractivity (Wildman–Crippen MR) is 72.1 cm³/mol. The zero-order chi connectivity index (χ0) is 12.1. The fourth-order valence-corrected chi connectivity index (χ4v) is 2.50. The molecule has 1 aromatic heterocycles. The molecule has 1 aliphatic carbocycles. The van der Waals surface area contributed by atoms with E-state index in [-0.39, 0.29) is 0 Å². The Labute approximate surface area is 106 Å². The third-order valence-corrected chi connectivity index (χ3v) is 3.54. The van der Waals surface area contributed by atoms with Gasteiger partial charge in [-0.1, -0.05) is 31.0 Å². The first-order chi connectivity index (χ1) is 8.31. The zero-order valence-electron chi connectivity index (χ0n) is 10.1. The van der Waals surface area contributed by atoms with Crippen LogP contribution in [-0.2, 0) is 0 Å². The molecule has 0 unspecified atom stereocenters. The van der Waals surface area contributed by atoms with E-state index in [2.05, 4.69) is 20.7 Å². The standard InChI is InChI=1S/C11H19N5S/c1-17-11-14-9(7-10(15-11)16-12)13-8-5-3-2-4-6-8/h7-8H,2-6,12H2,1H3,(H2,13,14,15,16). The van der Waals surface area contributed by atoms with Gasteiger partial charge in [-0.25, -0.2) is 15.8 Å². The predicted octanol–water partition coefficient (Wildman–Crippen LogP) is 2.23. The van der Waals surface area contributed by atoms with Crippen LogP contribution in [-0.4, -0.2) is 22.3 Å². The van der Waals surface area contributed by atoms with E-state index in [9.17, 15) is 0 Å². The van der Waals surface area contributed by atoms with E-state index >= 15 is 0 Å². The van der Waals surface area contributed by atoms with Crippen molar-refractivity contribution in [1.29, 1.82) is 0 Å². The molecule has 1 aromatic rings. The van der Waals surface area contributed by atoms with Gasteiger partial charge < -0.3 is 10.7 Å². The SMILES string of the molecule is CSc1nc(NN)cc(NC2CCCCC2)n1. The minimum absolute atomic E-state index is 0.541. The summed E-state index contributed by atoms with van der Waals surface area (Å²) in [5, 5.41) is 4.21. The zero-order valence-corrected chi connectivity index (χ0v) is 10.9. The van der Waals surface area contributed by atoms with Gasteiger partial charge in [0.1, 0.15) is 11.6 Å². The lowest BCUT2D eigenvalue weighted by atomic mass is 9.95. The van der Waals surface area contributed by atoms with Crippen molar-refractivity contribution in [3.8, 4) is 0 Å². The number of hydrogen-bond acceptors (Lipinski definition) is 6. The molecule has 1 saturated carbocycles. The molecule has 1 heterocycles. The molecule has 0 atom stereocenters. The summed E-state index contributed by atoms with van der Waals surface area (Å²) in [6.07, 6.45) is 8.38. The summed E-state index contributed by atoms with van der Waals surface area (Å²) in [7, 11) is 0. The largest absolute Gasteiger partial charge is 0.367 e. The normalized spacial score (nSPS) is 16.8. The van der Waals surface area contributed by atoms with Gasteiger partial charge in [-0.15, -0.1) is 0 Å². The molecule has 0 radical (unpaired) electrons. The number of nitrogens with zero attached hydrogens (tertiary/aromatic N) is 2. The molecule has 2 rings (SSSR count). The van der Waals surface area contributed by atoms with Crippen molar-refractivity contribution >= 4 is 23.4 Å². The fourth-order valence-electron chi connectivity index (χ4n) is 2.12. The molecule has 6 heteroatoms. The molecular formula is C11H19N5S. The van der Waals surface area contributed by atoms with Gasteiger partial charge in [0, 0.05) is 12.1 Å². The van der Waals surface area contributed by atoms with Crippen molar-refractivity contribution in [2.45, 2.75) is 43.3 Å². The van der Waals surface area contributed by atoms with Crippen LogP contribution in [0.3, 0.4) is 0 Å². The minimum atomic E-state index is 0.541. The quantitative estimate of drug-likeness (QED) is 0.331. The highest BCUT2D eigenvalue weighted by Gasteiger charge is 2.14. The maximum atomic E-state index is 5.40. The van der Waals surface area contributed by atoms with Crippen LogP contribution in [0, 0.1) is 0 Å². The van der Waals surface area contributed by atoms with Gasteiger partial charge in [0.15, 0.2) is 5.16 Å². The number of nitrogens with two attached hydrogens (primary N) is 1. The summed E-state index contributed by atoms with van der Waals surface area (Å²) in [5.74, 6) is 6.92. The Morgan fingerprint density at radius 2 is 1.94 bits per heavy atom. The molecule has 5 nitrogen and oxygen atoms in total. The van der Waals surface area contributed by atoms with Crippen molar-refractivity contribution in [2.24, 2.45) is 5.84 Å². The molecule has 0 saturated heterocycles. The van der Waals surface area contributed by atoms with E-state index in [1.165, 1.54) is 43.9 Å². The molecule has 1 fully saturated rings. The summed E-state index contributed by atoms with van der Waals surface area (Å²) < 4.78 is 0. The van der Waals surface area contributed by atoms with Crippen LogP contribution in [0.1, 0.15) is 32.1 Å². The third kappa shape index (κ3) is 3.47. The molecule has 0 spiro atoms. The number of hydrazine groups is 1. The van der Waals surface area contributed by atoms with Crippen molar-refractivity contribution in [2.75, 3.05) is 17.0 Å². The van der Waals surface area contributed by atoms with E-state index < -0.39 is 0 Å². The average Bonchev–Trinajstić information content (AvgIpc) is 2.39. The first-order valence-electron chi connectivity index (χ1n) is 5.98. The molecule has 17 heavy (non-hydrogen) atoms. The van der Waals surface area contributed by atoms with Gasteiger partial charge in [0.2, 0.25) is 0 Å². The summed E-state index contributed by atoms with van der Waals surface area (Å²) in [6.45, 7) is 0. The summed E-state index contributed by atoms with van der Waals surface area (Å²) >= 11 is 1.52. The van der Waals surface area contributed by atoms with Crippen LogP contribution in [0.2, 0.25) is 0 Å². The maximum absolute atomic E-state index is 5.40.